The zero-order chi connectivity index (χ0) is 20.2. The van der Waals surface area contributed by atoms with Crippen LogP contribution in [0.1, 0.15) is 18.4 Å². The molecule has 154 valence electrons. The van der Waals surface area contributed by atoms with Gasteiger partial charge in [-0.25, -0.2) is 4.79 Å². The van der Waals surface area contributed by atoms with Gasteiger partial charge in [0, 0.05) is 31.4 Å². The number of rotatable bonds is 5. The number of carbonyl (C=O) groups excluding carboxylic acids is 1. The molecule has 2 fully saturated rings. The number of anilines is 1. The van der Waals surface area contributed by atoms with E-state index in [2.05, 4.69) is 22.3 Å². The topological polar surface area (TPSA) is 44.8 Å². The van der Waals surface area contributed by atoms with E-state index in [1.165, 1.54) is 0 Å². The number of ether oxygens (including phenoxy) is 1. The van der Waals surface area contributed by atoms with Crippen molar-refractivity contribution in [2.75, 3.05) is 31.6 Å². The number of piperidine rings is 1. The number of benzene rings is 2. The quantitative estimate of drug-likeness (QED) is 0.729. The third-order valence-electron chi connectivity index (χ3n) is 5.70. The lowest BCUT2D eigenvalue weighted by Gasteiger charge is -2.44. The van der Waals surface area contributed by atoms with Gasteiger partial charge in [0.05, 0.1) is 29.3 Å². The molecule has 0 unspecified atom stereocenters. The molecule has 2 aliphatic rings. The Bertz CT molecular complexity index is 837. The Morgan fingerprint density at radius 2 is 1.79 bits per heavy atom. The molecule has 5 nitrogen and oxygen atoms in total. The molecule has 29 heavy (non-hydrogen) atoms. The standard InChI is InChI=1S/C22H25Cl2N3O2/c23-20-7-6-17(12-21(20)24)25-22(28)27(13-16-4-2-1-3-5-16)18-8-10-26(11-9-18)19-14-29-15-19/h1-7,12,18-19H,8-11,13-15H2,(H,25,28). The summed E-state index contributed by atoms with van der Waals surface area (Å²) in [4.78, 5) is 17.6. The molecule has 2 aromatic carbocycles. The average Bonchev–Trinajstić information content (AvgIpc) is 2.69. The van der Waals surface area contributed by atoms with E-state index in [1.807, 2.05) is 23.1 Å². The SMILES string of the molecule is O=C(Nc1ccc(Cl)c(Cl)c1)N(Cc1ccccc1)C1CCN(C2COC2)CC1. The fourth-order valence-electron chi connectivity index (χ4n) is 3.91. The Balaban J connectivity index is 1.46. The first-order valence-electron chi connectivity index (χ1n) is 9.98. The molecule has 0 aromatic heterocycles. The second kappa shape index (κ2) is 9.35. The van der Waals surface area contributed by atoms with Gasteiger partial charge in [-0.3, -0.25) is 4.90 Å². The molecule has 0 atom stereocenters. The first kappa shape index (κ1) is 20.5. The second-order valence-electron chi connectivity index (χ2n) is 7.63. The molecule has 7 heteroatoms. The summed E-state index contributed by atoms with van der Waals surface area (Å²) in [5.74, 6) is 0. The van der Waals surface area contributed by atoms with Crippen LogP contribution < -0.4 is 5.32 Å². The predicted octanol–water partition coefficient (Wildman–Crippen LogP) is 4.89. The number of carbonyl (C=O) groups is 1. The van der Waals surface area contributed by atoms with Crippen LogP contribution in [0.5, 0.6) is 0 Å². The molecule has 2 heterocycles. The van der Waals surface area contributed by atoms with Crippen LogP contribution in [0.4, 0.5) is 10.5 Å². The minimum Gasteiger partial charge on any atom is -0.378 e. The van der Waals surface area contributed by atoms with Crippen LogP contribution in [-0.2, 0) is 11.3 Å². The van der Waals surface area contributed by atoms with Crippen molar-refractivity contribution in [2.24, 2.45) is 0 Å². The Hall–Kier alpha value is -1.79. The lowest BCUT2D eigenvalue weighted by Crippen LogP contribution is -2.55. The van der Waals surface area contributed by atoms with Gasteiger partial charge in [0.15, 0.2) is 0 Å². The van der Waals surface area contributed by atoms with Crippen molar-refractivity contribution in [3.63, 3.8) is 0 Å². The lowest BCUT2D eigenvalue weighted by molar-refractivity contribution is -0.0748. The fourth-order valence-corrected chi connectivity index (χ4v) is 4.21. The average molecular weight is 434 g/mol. The van der Waals surface area contributed by atoms with Gasteiger partial charge in [-0.05, 0) is 36.6 Å². The van der Waals surface area contributed by atoms with Crippen molar-refractivity contribution in [3.05, 3.63) is 64.1 Å². The van der Waals surface area contributed by atoms with Gasteiger partial charge in [0.1, 0.15) is 0 Å². The van der Waals surface area contributed by atoms with Gasteiger partial charge in [-0.1, -0.05) is 53.5 Å². The molecule has 0 bridgehead atoms. The van der Waals surface area contributed by atoms with E-state index in [9.17, 15) is 4.79 Å². The molecule has 2 aliphatic heterocycles. The summed E-state index contributed by atoms with van der Waals surface area (Å²) < 4.78 is 5.33. The smallest absolute Gasteiger partial charge is 0.322 e. The van der Waals surface area contributed by atoms with Crippen molar-refractivity contribution in [2.45, 2.75) is 31.5 Å². The molecule has 0 spiro atoms. The van der Waals surface area contributed by atoms with E-state index in [0.29, 0.717) is 28.3 Å². The van der Waals surface area contributed by atoms with E-state index in [1.54, 1.807) is 18.2 Å². The van der Waals surface area contributed by atoms with Crippen molar-refractivity contribution in [1.82, 2.24) is 9.80 Å². The van der Waals surface area contributed by atoms with Gasteiger partial charge in [-0.2, -0.15) is 0 Å². The monoisotopic (exact) mass is 433 g/mol. The number of hydrogen-bond donors (Lipinski definition) is 1. The molecule has 4 rings (SSSR count). The number of nitrogens with zero attached hydrogens (tertiary/aromatic N) is 2. The molecular formula is C22H25Cl2N3O2. The highest BCUT2D eigenvalue weighted by Crippen LogP contribution is 2.27. The normalized spacial score (nSPS) is 18.3. The minimum atomic E-state index is -0.113. The third kappa shape index (κ3) is 5.04. The zero-order valence-electron chi connectivity index (χ0n) is 16.2. The number of halogens is 2. The van der Waals surface area contributed by atoms with Crippen LogP contribution >= 0.6 is 23.2 Å². The van der Waals surface area contributed by atoms with Crippen LogP contribution in [0, 0.1) is 0 Å². The van der Waals surface area contributed by atoms with Crippen molar-refractivity contribution >= 4 is 34.9 Å². The number of hydrogen-bond acceptors (Lipinski definition) is 3. The Kier molecular flexibility index (Phi) is 6.60. The second-order valence-corrected chi connectivity index (χ2v) is 8.45. The van der Waals surface area contributed by atoms with Crippen molar-refractivity contribution in [3.8, 4) is 0 Å². The van der Waals surface area contributed by atoms with E-state index >= 15 is 0 Å². The van der Waals surface area contributed by atoms with Crippen LogP contribution in [0.15, 0.2) is 48.5 Å². The number of urea groups is 1. The molecule has 2 amide bonds. The first-order valence-corrected chi connectivity index (χ1v) is 10.7. The molecular weight excluding hydrogens is 409 g/mol. The van der Waals surface area contributed by atoms with Crippen molar-refractivity contribution in [1.29, 1.82) is 0 Å². The van der Waals surface area contributed by atoms with Gasteiger partial charge < -0.3 is 15.0 Å². The highest BCUT2D eigenvalue weighted by Gasteiger charge is 2.33. The van der Waals surface area contributed by atoms with Crippen LogP contribution in [-0.4, -0.2) is 54.2 Å². The third-order valence-corrected chi connectivity index (χ3v) is 6.44. The maximum absolute atomic E-state index is 13.2. The van der Waals surface area contributed by atoms with E-state index < -0.39 is 0 Å². The molecule has 2 saturated heterocycles. The summed E-state index contributed by atoms with van der Waals surface area (Å²) in [5.41, 5.74) is 1.76. The van der Waals surface area contributed by atoms with E-state index in [0.717, 1.165) is 44.7 Å². The largest absolute Gasteiger partial charge is 0.378 e. The highest BCUT2D eigenvalue weighted by molar-refractivity contribution is 6.42. The Morgan fingerprint density at radius 3 is 2.41 bits per heavy atom. The summed E-state index contributed by atoms with van der Waals surface area (Å²) in [6.07, 6.45) is 1.91. The minimum absolute atomic E-state index is 0.113. The molecule has 0 aliphatic carbocycles. The fraction of sp³-hybridized carbons (Fsp3) is 0.409. The van der Waals surface area contributed by atoms with Gasteiger partial charge in [0.25, 0.3) is 0 Å². The number of likely N-dealkylation sites (tertiary alicyclic amines) is 1. The summed E-state index contributed by atoms with van der Waals surface area (Å²) in [5, 5.41) is 3.89. The lowest BCUT2D eigenvalue weighted by atomic mass is 10.00. The summed E-state index contributed by atoms with van der Waals surface area (Å²) >= 11 is 12.1. The Morgan fingerprint density at radius 1 is 1.07 bits per heavy atom. The summed E-state index contributed by atoms with van der Waals surface area (Å²) in [6.45, 7) is 4.21. The molecule has 1 N–H and O–H groups in total. The Labute approximate surface area is 181 Å². The van der Waals surface area contributed by atoms with Gasteiger partial charge >= 0.3 is 6.03 Å². The maximum atomic E-state index is 13.2. The van der Waals surface area contributed by atoms with E-state index in [4.69, 9.17) is 27.9 Å². The van der Waals surface area contributed by atoms with Crippen molar-refractivity contribution < 1.29 is 9.53 Å². The van der Waals surface area contributed by atoms with Crippen LogP contribution in [0.2, 0.25) is 10.0 Å². The number of nitrogens with one attached hydrogen (secondary N) is 1. The van der Waals surface area contributed by atoms with Crippen LogP contribution in [0.25, 0.3) is 0 Å². The zero-order valence-corrected chi connectivity index (χ0v) is 17.7. The maximum Gasteiger partial charge on any atom is 0.322 e. The summed E-state index contributed by atoms with van der Waals surface area (Å²) in [7, 11) is 0. The molecule has 0 saturated carbocycles. The van der Waals surface area contributed by atoms with Gasteiger partial charge in [0.2, 0.25) is 0 Å². The highest BCUT2D eigenvalue weighted by atomic mass is 35.5. The first-order chi connectivity index (χ1) is 14.1. The van der Waals surface area contributed by atoms with Gasteiger partial charge in [-0.15, -0.1) is 0 Å². The molecule has 0 radical (unpaired) electrons. The van der Waals surface area contributed by atoms with E-state index in [-0.39, 0.29) is 12.1 Å². The predicted molar refractivity (Wildman–Crippen MR) is 117 cm³/mol. The number of amides is 2. The summed E-state index contributed by atoms with van der Waals surface area (Å²) in [6, 6.07) is 15.9. The van der Waals surface area contributed by atoms with Crippen LogP contribution in [0.3, 0.4) is 0 Å². The molecule has 2 aromatic rings.